The van der Waals surface area contributed by atoms with Crippen LogP contribution >= 0.6 is 15.9 Å². The van der Waals surface area contributed by atoms with Crippen molar-refractivity contribution in [3.05, 3.63) is 28.5 Å². The fraction of sp³-hybridized carbons (Fsp3) is 0.571. The Morgan fingerprint density at radius 3 is 2.72 bits per heavy atom. The third-order valence-electron chi connectivity index (χ3n) is 2.70. The van der Waals surface area contributed by atoms with Gasteiger partial charge in [-0.1, -0.05) is 29.3 Å². The van der Waals surface area contributed by atoms with Gasteiger partial charge in [0, 0.05) is 17.1 Å². The molecule has 1 aromatic rings. The van der Waals surface area contributed by atoms with Crippen LogP contribution in [0.4, 0.5) is 4.39 Å². The molecular weight excluding hydrogens is 297 g/mol. The summed E-state index contributed by atoms with van der Waals surface area (Å²) in [4.78, 5) is 0. The van der Waals surface area contributed by atoms with Crippen molar-refractivity contribution in [2.24, 2.45) is 0 Å². The van der Waals surface area contributed by atoms with Crippen LogP contribution in [0.25, 0.3) is 0 Å². The number of benzene rings is 1. The monoisotopic (exact) mass is 317 g/mol. The molecule has 1 N–H and O–H groups in total. The quantitative estimate of drug-likeness (QED) is 0.816. The summed E-state index contributed by atoms with van der Waals surface area (Å²) in [6.45, 7) is 6.97. The molecule has 2 atom stereocenters. The van der Waals surface area contributed by atoms with E-state index in [0.717, 1.165) is 23.9 Å². The highest BCUT2D eigenvalue weighted by molar-refractivity contribution is 9.10. The first-order valence-electron chi connectivity index (χ1n) is 6.38. The Kier molecular flexibility index (Phi) is 6.65. The number of ether oxygens (including phenoxy) is 1. The fourth-order valence-corrected chi connectivity index (χ4v) is 2.06. The van der Waals surface area contributed by atoms with Crippen LogP contribution < -0.4 is 10.1 Å². The number of nitrogens with one attached hydrogen (secondary N) is 1. The predicted octanol–water partition coefficient (Wildman–Crippen LogP) is 4.13. The zero-order valence-corrected chi connectivity index (χ0v) is 12.8. The molecule has 0 bridgehead atoms. The summed E-state index contributed by atoms with van der Waals surface area (Å²) in [6.07, 6.45) is 2.24. The zero-order valence-electron chi connectivity index (χ0n) is 11.2. The summed E-state index contributed by atoms with van der Waals surface area (Å²) >= 11 is 3.22. The highest BCUT2D eigenvalue weighted by Crippen LogP contribution is 2.22. The topological polar surface area (TPSA) is 21.3 Å². The molecule has 0 heterocycles. The minimum atomic E-state index is -0.335. The highest BCUT2D eigenvalue weighted by atomic mass is 79.9. The molecular formula is C14H21BrFNO. The molecule has 2 unspecified atom stereocenters. The first-order chi connectivity index (χ1) is 8.52. The molecule has 0 amide bonds. The molecule has 1 rings (SSSR count). The molecule has 0 aliphatic heterocycles. The van der Waals surface area contributed by atoms with E-state index in [1.807, 2.05) is 6.92 Å². The normalized spacial score (nSPS) is 14.3. The molecule has 0 saturated carbocycles. The SMILES string of the molecule is CCCC(C)NCC(C)Oc1ccc(Br)cc1F. The Bertz CT molecular complexity index is 373. The first kappa shape index (κ1) is 15.4. The summed E-state index contributed by atoms with van der Waals surface area (Å²) in [6, 6.07) is 5.30. The van der Waals surface area contributed by atoms with Crippen molar-refractivity contribution < 1.29 is 9.13 Å². The van der Waals surface area contributed by atoms with Crippen molar-refractivity contribution in [3.8, 4) is 5.75 Å². The van der Waals surface area contributed by atoms with E-state index in [-0.39, 0.29) is 11.9 Å². The molecule has 0 radical (unpaired) electrons. The number of halogens is 2. The Morgan fingerprint density at radius 2 is 2.11 bits per heavy atom. The van der Waals surface area contributed by atoms with Crippen molar-refractivity contribution >= 4 is 15.9 Å². The average molecular weight is 318 g/mol. The fourth-order valence-electron chi connectivity index (χ4n) is 1.73. The van der Waals surface area contributed by atoms with Crippen LogP contribution in [0.15, 0.2) is 22.7 Å². The molecule has 4 heteroatoms. The van der Waals surface area contributed by atoms with Crippen LogP contribution in [-0.4, -0.2) is 18.7 Å². The van der Waals surface area contributed by atoms with Crippen molar-refractivity contribution in [3.63, 3.8) is 0 Å². The van der Waals surface area contributed by atoms with Crippen LogP contribution in [0.2, 0.25) is 0 Å². The van der Waals surface area contributed by atoms with Gasteiger partial charge in [-0.05, 0) is 38.5 Å². The van der Waals surface area contributed by atoms with Gasteiger partial charge >= 0.3 is 0 Å². The number of hydrogen-bond donors (Lipinski definition) is 1. The van der Waals surface area contributed by atoms with Gasteiger partial charge in [0.15, 0.2) is 11.6 Å². The molecule has 0 aromatic heterocycles. The van der Waals surface area contributed by atoms with E-state index in [9.17, 15) is 4.39 Å². The lowest BCUT2D eigenvalue weighted by molar-refractivity contribution is 0.202. The number of hydrogen-bond acceptors (Lipinski definition) is 2. The van der Waals surface area contributed by atoms with E-state index in [0.29, 0.717) is 11.8 Å². The summed E-state index contributed by atoms with van der Waals surface area (Å²) in [5.74, 6) is -0.0338. The van der Waals surface area contributed by atoms with Gasteiger partial charge in [-0.15, -0.1) is 0 Å². The van der Waals surface area contributed by atoms with Crippen LogP contribution in [0.3, 0.4) is 0 Å². The Labute approximate surface area is 117 Å². The van der Waals surface area contributed by atoms with Crippen molar-refractivity contribution in [2.75, 3.05) is 6.54 Å². The molecule has 0 spiro atoms. The van der Waals surface area contributed by atoms with E-state index in [2.05, 4.69) is 35.1 Å². The zero-order chi connectivity index (χ0) is 13.5. The first-order valence-corrected chi connectivity index (χ1v) is 7.17. The molecule has 2 nitrogen and oxygen atoms in total. The molecule has 1 aromatic carbocycles. The van der Waals surface area contributed by atoms with Gasteiger partial charge in [0.2, 0.25) is 0 Å². The van der Waals surface area contributed by atoms with E-state index in [4.69, 9.17) is 4.74 Å². The van der Waals surface area contributed by atoms with Crippen molar-refractivity contribution in [2.45, 2.75) is 45.8 Å². The summed E-state index contributed by atoms with van der Waals surface area (Å²) in [7, 11) is 0. The smallest absolute Gasteiger partial charge is 0.166 e. The van der Waals surface area contributed by atoms with Gasteiger partial charge in [0.1, 0.15) is 6.10 Å². The van der Waals surface area contributed by atoms with E-state index in [1.165, 1.54) is 6.07 Å². The molecule has 102 valence electrons. The Morgan fingerprint density at radius 1 is 1.39 bits per heavy atom. The molecule has 0 saturated heterocycles. The Hall–Kier alpha value is -0.610. The second-order valence-electron chi connectivity index (χ2n) is 4.60. The lowest BCUT2D eigenvalue weighted by atomic mass is 10.2. The standard InChI is InChI=1S/C14H21BrFNO/c1-4-5-10(2)17-9-11(3)18-14-7-6-12(15)8-13(14)16/h6-8,10-11,17H,4-5,9H2,1-3H3. The largest absolute Gasteiger partial charge is 0.486 e. The lowest BCUT2D eigenvalue weighted by Gasteiger charge is -2.19. The lowest BCUT2D eigenvalue weighted by Crippen LogP contribution is -2.35. The summed E-state index contributed by atoms with van der Waals surface area (Å²) in [5.41, 5.74) is 0. The maximum atomic E-state index is 13.6. The minimum absolute atomic E-state index is 0.0556. The summed E-state index contributed by atoms with van der Waals surface area (Å²) < 4.78 is 19.8. The average Bonchev–Trinajstić information content (AvgIpc) is 2.31. The van der Waals surface area contributed by atoms with Crippen LogP contribution in [-0.2, 0) is 0 Å². The van der Waals surface area contributed by atoms with Gasteiger partial charge in [-0.2, -0.15) is 0 Å². The van der Waals surface area contributed by atoms with Gasteiger partial charge < -0.3 is 10.1 Å². The maximum Gasteiger partial charge on any atom is 0.166 e. The van der Waals surface area contributed by atoms with Gasteiger partial charge in [0.05, 0.1) is 0 Å². The van der Waals surface area contributed by atoms with E-state index < -0.39 is 0 Å². The Balaban J connectivity index is 2.42. The third kappa shape index (κ3) is 5.36. The molecule has 0 fully saturated rings. The predicted molar refractivity (Wildman–Crippen MR) is 76.6 cm³/mol. The van der Waals surface area contributed by atoms with Gasteiger partial charge in [-0.25, -0.2) is 4.39 Å². The van der Waals surface area contributed by atoms with E-state index in [1.54, 1.807) is 12.1 Å². The minimum Gasteiger partial charge on any atom is -0.486 e. The second kappa shape index (κ2) is 7.74. The highest BCUT2D eigenvalue weighted by Gasteiger charge is 2.10. The van der Waals surface area contributed by atoms with Crippen LogP contribution in [0.5, 0.6) is 5.75 Å². The van der Waals surface area contributed by atoms with Crippen LogP contribution in [0, 0.1) is 5.82 Å². The molecule has 18 heavy (non-hydrogen) atoms. The molecule has 0 aliphatic carbocycles. The summed E-state index contributed by atoms with van der Waals surface area (Å²) in [5, 5.41) is 3.38. The van der Waals surface area contributed by atoms with E-state index >= 15 is 0 Å². The molecule has 0 aliphatic rings. The van der Waals surface area contributed by atoms with Crippen molar-refractivity contribution in [1.82, 2.24) is 5.32 Å². The van der Waals surface area contributed by atoms with Crippen molar-refractivity contribution in [1.29, 1.82) is 0 Å². The third-order valence-corrected chi connectivity index (χ3v) is 3.19. The maximum absolute atomic E-state index is 13.6. The van der Waals surface area contributed by atoms with Gasteiger partial charge in [0.25, 0.3) is 0 Å². The second-order valence-corrected chi connectivity index (χ2v) is 5.52. The van der Waals surface area contributed by atoms with Crippen LogP contribution in [0.1, 0.15) is 33.6 Å². The van der Waals surface area contributed by atoms with Gasteiger partial charge in [-0.3, -0.25) is 0 Å². The number of rotatable bonds is 7.